The van der Waals surface area contributed by atoms with E-state index in [0.29, 0.717) is 35.3 Å². The molecule has 2 aromatic carbocycles. The number of anilines is 1. The predicted molar refractivity (Wildman–Crippen MR) is 101 cm³/mol. The maximum atomic E-state index is 11.9. The van der Waals surface area contributed by atoms with Crippen molar-refractivity contribution in [2.75, 3.05) is 30.9 Å². The van der Waals surface area contributed by atoms with E-state index in [2.05, 4.69) is 5.32 Å². The molecule has 2 aromatic rings. The molecule has 9 nitrogen and oxygen atoms in total. The molecule has 0 aromatic heterocycles. The van der Waals surface area contributed by atoms with E-state index in [0.717, 1.165) is 11.8 Å². The van der Waals surface area contributed by atoms with Crippen molar-refractivity contribution in [2.24, 2.45) is 0 Å². The van der Waals surface area contributed by atoms with E-state index >= 15 is 0 Å². The van der Waals surface area contributed by atoms with Crippen LogP contribution in [0.2, 0.25) is 0 Å². The normalized spacial score (nSPS) is 12.1. The Labute approximate surface area is 164 Å². The summed E-state index contributed by atoms with van der Waals surface area (Å²) in [6, 6.07) is 10.8. The van der Waals surface area contributed by atoms with Gasteiger partial charge < -0.3 is 19.5 Å². The smallest absolute Gasteiger partial charge is 0.316 e. The van der Waals surface area contributed by atoms with Gasteiger partial charge in [-0.25, -0.2) is 0 Å². The first-order chi connectivity index (χ1) is 13.5. The Hall–Kier alpha value is -3.27. The molecule has 0 aliphatic carbocycles. The maximum Gasteiger partial charge on any atom is 0.316 e. The number of benzene rings is 2. The van der Waals surface area contributed by atoms with Gasteiger partial charge in [0.15, 0.2) is 18.1 Å². The summed E-state index contributed by atoms with van der Waals surface area (Å²) in [5, 5.41) is 13.2. The van der Waals surface area contributed by atoms with Crippen LogP contribution in [-0.2, 0) is 14.3 Å². The molecule has 146 valence electrons. The lowest BCUT2D eigenvalue weighted by Crippen LogP contribution is -2.22. The molecule has 1 amide bonds. The molecule has 1 aliphatic rings. The van der Waals surface area contributed by atoms with Crippen molar-refractivity contribution in [1.29, 1.82) is 0 Å². The molecule has 1 N–H and O–H groups in total. The molecule has 0 atom stereocenters. The van der Waals surface area contributed by atoms with E-state index in [4.69, 9.17) is 14.2 Å². The fourth-order valence-electron chi connectivity index (χ4n) is 2.31. The lowest BCUT2D eigenvalue weighted by atomic mass is 10.2. The van der Waals surface area contributed by atoms with E-state index in [1.165, 1.54) is 12.1 Å². The fraction of sp³-hybridized carbons (Fsp3) is 0.222. The summed E-state index contributed by atoms with van der Waals surface area (Å²) < 4.78 is 15.8. The first kappa shape index (κ1) is 19.5. The number of nitrogens with one attached hydrogen (secondary N) is 1. The van der Waals surface area contributed by atoms with Crippen LogP contribution in [0, 0.1) is 10.1 Å². The number of nitro benzene ring substituents is 1. The second kappa shape index (κ2) is 9.09. The van der Waals surface area contributed by atoms with Gasteiger partial charge in [-0.2, -0.15) is 0 Å². The topological polar surface area (TPSA) is 117 Å². The van der Waals surface area contributed by atoms with Crippen LogP contribution in [0.25, 0.3) is 0 Å². The van der Waals surface area contributed by atoms with Gasteiger partial charge in [0.2, 0.25) is 0 Å². The number of hydrogen-bond acceptors (Lipinski definition) is 8. The SMILES string of the molecule is O=C(COC(=O)CSc1ccc([N+](=O)[O-])cc1)Nc1ccc2c(c1)OCCO2. The van der Waals surface area contributed by atoms with Crippen LogP contribution in [0.5, 0.6) is 11.5 Å². The summed E-state index contributed by atoms with van der Waals surface area (Å²) in [5.41, 5.74) is 0.480. The number of non-ortho nitro benzene ring substituents is 1. The Morgan fingerprint density at radius 1 is 1.11 bits per heavy atom. The molecular weight excluding hydrogens is 388 g/mol. The number of carbonyl (C=O) groups is 2. The predicted octanol–water partition coefficient (Wildman–Crippen LogP) is 2.64. The van der Waals surface area contributed by atoms with Crippen LogP contribution >= 0.6 is 11.8 Å². The molecule has 3 rings (SSSR count). The van der Waals surface area contributed by atoms with Crippen molar-refractivity contribution in [3.05, 3.63) is 52.6 Å². The number of nitrogens with zero attached hydrogens (tertiary/aromatic N) is 1. The quantitative estimate of drug-likeness (QED) is 0.324. The molecule has 0 bridgehead atoms. The van der Waals surface area contributed by atoms with Crippen LogP contribution in [0.1, 0.15) is 0 Å². The van der Waals surface area contributed by atoms with Crippen LogP contribution in [0.4, 0.5) is 11.4 Å². The first-order valence-corrected chi connectivity index (χ1v) is 9.22. The highest BCUT2D eigenvalue weighted by Gasteiger charge is 2.14. The highest BCUT2D eigenvalue weighted by Crippen LogP contribution is 2.32. The zero-order chi connectivity index (χ0) is 19.9. The lowest BCUT2D eigenvalue weighted by Gasteiger charge is -2.19. The molecular formula is C18H16N2O7S. The van der Waals surface area contributed by atoms with E-state index in [1.54, 1.807) is 30.3 Å². The van der Waals surface area contributed by atoms with Crippen molar-refractivity contribution in [3.63, 3.8) is 0 Å². The fourth-order valence-corrected chi connectivity index (χ4v) is 3.01. The van der Waals surface area contributed by atoms with E-state index in [-0.39, 0.29) is 11.4 Å². The van der Waals surface area contributed by atoms with Gasteiger partial charge in [0.25, 0.3) is 11.6 Å². The summed E-state index contributed by atoms with van der Waals surface area (Å²) in [6.45, 7) is 0.495. The minimum absolute atomic E-state index is 0.0187. The molecule has 0 radical (unpaired) electrons. The van der Waals surface area contributed by atoms with Crippen LogP contribution in [-0.4, -0.2) is 42.4 Å². The van der Waals surface area contributed by atoms with Gasteiger partial charge >= 0.3 is 5.97 Å². The number of rotatable bonds is 7. The lowest BCUT2D eigenvalue weighted by molar-refractivity contribution is -0.384. The Bertz CT molecular complexity index is 886. The molecule has 28 heavy (non-hydrogen) atoms. The van der Waals surface area contributed by atoms with Crippen molar-refractivity contribution < 1.29 is 28.7 Å². The van der Waals surface area contributed by atoms with Crippen LogP contribution in [0.15, 0.2) is 47.4 Å². The van der Waals surface area contributed by atoms with Crippen molar-refractivity contribution in [1.82, 2.24) is 0 Å². The highest BCUT2D eigenvalue weighted by molar-refractivity contribution is 8.00. The van der Waals surface area contributed by atoms with Gasteiger partial charge in [-0.3, -0.25) is 19.7 Å². The van der Waals surface area contributed by atoms with Gasteiger partial charge in [0.05, 0.1) is 10.7 Å². The zero-order valence-electron chi connectivity index (χ0n) is 14.6. The summed E-state index contributed by atoms with van der Waals surface area (Å²) in [6.07, 6.45) is 0. The van der Waals surface area contributed by atoms with Gasteiger partial charge in [0, 0.05) is 28.8 Å². The largest absolute Gasteiger partial charge is 0.486 e. The van der Waals surface area contributed by atoms with Crippen LogP contribution < -0.4 is 14.8 Å². The third kappa shape index (κ3) is 5.36. The molecule has 1 heterocycles. The van der Waals surface area contributed by atoms with E-state index in [1.807, 2.05) is 0 Å². The van der Waals surface area contributed by atoms with Gasteiger partial charge in [0.1, 0.15) is 13.2 Å². The highest BCUT2D eigenvalue weighted by atomic mass is 32.2. The Morgan fingerprint density at radius 2 is 1.82 bits per heavy atom. The second-order valence-electron chi connectivity index (χ2n) is 5.61. The summed E-state index contributed by atoms with van der Waals surface area (Å²) in [4.78, 5) is 34.5. The minimum Gasteiger partial charge on any atom is -0.486 e. The number of nitro groups is 1. The minimum atomic E-state index is -0.569. The Kier molecular flexibility index (Phi) is 6.33. The number of hydrogen-bond donors (Lipinski definition) is 1. The van der Waals surface area contributed by atoms with E-state index < -0.39 is 23.4 Å². The maximum absolute atomic E-state index is 11.9. The van der Waals surface area contributed by atoms with Crippen molar-refractivity contribution >= 4 is 35.0 Å². The Balaban J connectivity index is 1.41. The summed E-state index contributed by atoms with van der Waals surface area (Å²) in [5.74, 6) is 0.0836. The Morgan fingerprint density at radius 3 is 2.54 bits per heavy atom. The van der Waals surface area contributed by atoms with Gasteiger partial charge in [-0.15, -0.1) is 11.8 Å². The van der Waals surface area contributed by atoms with Gasteiger partial charge in [-0.1, -0.05) is 0 Å². The average molecular weight is 404 g/mol. The second-order valence-corrected chi connectivity index (χ2v) is 6.66. The third-order valence-corrected chi connectivity index (χ3v) is 4.58. The molecule has 0 spiro atoms. The molecule has 0 saturated carbocycles. The monoisotopic (exact) mass is 404 g/mol. The average Bonchev–Trinajstić information content (AvgIpc) is 2.71. The third-order valence-electron chi connectivity index (χ3n) is 3.59. The molecule has 0 saturated heterocycles. The number of amides is 1. The van der Waals surface area contributed by atoms with Crippen LogP contribution in [0.3, 0.4) is 0 Å². The zero-order valence-corrected chi connectivity index (χ0v) is 15.4. The van der Waals surface area contributed by atoms with E-state index in [9.17, 15) is 19.7 Å². The van der Waals surface area contributed by atoms with Crippen molar-refractivity contribution in [3.8, 4) is 11.5 Å². The number of fused-ring (bicyclic) bond motifs is 1. The molecule has 1 aliphatic heterocycles. The number of thioether (sulfide) groups is 1. The first-order valence-electron chi connectivity index (χ1n) is 8.23. The number of carbonyl (C=O) groups excluding carboxylic acids is 2. The standard InChI is InChI=1S/C18H16N2O7S/c21-17(19-12-1-6-15-16(9-12)26-8-7-25-15)10-27-18(22)11-28-14-4-2-13(3-5-14)20(23)24/h1-6,9H,7-8,10-11H2,(H,19,21). The van der Waals surface area contributed by atoms with Crippen molar-refractivity contribution in [2.45, 2.75) is 4.90 Å². The number of esters is 1. The molecule has 0 fully saturated rings. The van der Waals surface area contributed by atoms with Gasteiger partial charge in [-0.05, 0) is 24.3 Å². The summed E-state index contributed by atoms with van der Waals surface area (Å²) >= 11 is 1.16. The molecule has 0 unspecified atom stereocenters. The number of ether oxygens (including phenoxy) is 3. The molecule has 10 heteroatoms. The summed E-state index contributed by atoms with van der Waals surface area (Å²) in [7, 11) is 0.